The van der Waals surface area contributed by atoms with Crippen LogP contribution in [0.25, 0.3) is 0 Å². The van der Waals surface area contributed by atoms with E-state index in [4.69, 9.17) is 0 Å². The molecule has 8 heteroatoms. The molecule has 2 aromatic rings. The first-order valence-electron chi connectivity index (χ1n) is 6.67. The molecule has 1 amide bonds. The second-order valence-corrected chi connectivity index (χ2v) is 5.60. The molecule has 0 bridgehead atoms. The highest BCUT2D eigenvalue weighted by atomic mass is 32.1. The van der Waals surface area contributed by atoms with E-state index in [0.29, 0.717) is 0 Å². The molecular weight excluding hydrogens is 320 g/mol. The van der Waals surface area contributed by atoms with Gasteiger partial charge in [0.05, 0.1) is 24.5 Å². The third-order valence-electron chi connectivity index (χ3n) is 3.13. The maximum Gasteiger partial charge on any atom is 0.307 e. The van der Waals surface area contributed by atoms with Crippen molar-refractivity contribution in [2.75, 3.05) is 7.11 Å². The minimum Gasteiger partial charge on any atom is -0.469 e. The van der Waals surface area contributed by atoms with E-state index in [1.165, 1.54) is 42.7 Å². The predicted octanol–water partition coefficient (Wildman–Crippen LogP) is 2.69. The fraction of sp³-hybridized carbons (Fsp3) is 0.200. The molecule has 1 aromatic carbocycles. The van der Waals surface area contributed by atoms with Gasteiger partial charge < -0.3 is 10.1 Å². The number of hydrogen-bond acceptors (Lipinski definition) is 6. The number of nitrogens with one attached hydrogen (secondary N) is 1. The van der Waals surface area contributed by atoms with Crippen LogP contribution >= 0.6 is 11.3 Å². The zero-order valence-electron chi connectivity index (χ0n) is 12.2. The zero-order chi connectivity index (χ0) is 16.8. The van der Waals surface area contributed by atoms with Crippen molar-refractivity contribution in [1.29, 1.82) is 0 Å². The maximum atomic E-state index is 12.3. The molecule has 0 saturated carbocycles. The van der Waals surface area contributed by atoms with Crippen LogP contribution in [0, 0.1) is 10.1 Å². The largest absolute Gasteiger partial charge is 0.469 e. The number of carbonyl (C=O) groups is 2. The number of thiophene rings is 1. The lowest BCUT2D eigenvalue weighted by atomic mass is 10.1. The molecule has 1 heterocycles. The summed E-state index contributed by atoms with van der Waals surface area (Å²) in [6.45, 7) is 0. The second kappa shape index (κ2) is 7.50. The summed E-state index contributed by atoms with van der Waals surface area (Å²) in [4.78, 5) is 34.7. The lowest BCUT2D eigenvalue weighted by Crippen LogP contribution is -2.30. The van der Waals surface area contributed by atoms with Gasteiger partial charge in [-0.1, -0.05) is 6.07 Å². The number of nitro groups is 1. The molecule has 23 heavy (non-hydrogen) atoms. The summed E-state index contributed by atoms with van der Waals surface area (Å²) >= 11 is 1.42. The van der Waals surface area contributed by atoms with Crippen LogP contribution in [-0.4, -0.2) is 23.9 Å². The van der Waals surface area contributed by atoms with Crippen molar-refractivity contribution in [3.05, 3.63) is 62.3 Å². The number of carbonyl (C=O) groups excluding carboxylic acids is 2. The topological polar surface area (TPSA) is 98.5 Å². The normalized spacial score (nSPS) is 11.5. The maximum absolute atomic E-state index is 12.3. The van der Waals surface area contributed by atoms with E-state index in [0.717, 1.165) is 4.88 Å². The smallest absolute Gasteiger partial charge is 0.307 e. The van der Waals surface area contributed by atoms with E-state index in [1.807, 2.05) is 17.5 Å². The highest BCUT2D eigenvalue weighted by Crippen LogP contribution is 2.23. The quantitative estimate of drug-likeness (QED) is 0.497. The van der Waals surface area contributed by atoms with Gasteiger partial charge in [-0.05, 0) is 23.6 Å². The molecule has 0 aliphatic heterocycles. The van der Waals surface area contributed by atoms with Gasteiger partial charge in [0.1, 0.15) is 0 Å². The van der Waals surface area contributed by atoms with E-state index in [9.17, 15) is 19.7 Å². The van der Waals surface area contributed by atoms with Crippen LogP contribution < -0.4 is 5.32 Å². The summed E-state index contributed by atoms with van der Waals surface area (Å²) in [5, 5.41) is 15.2. The molecule has 0 spiro atoms. The Kier molecular flexibility index (Phi) is 5.42. The van der Waals surface area contributed by atoms with Crippen LogP contribution in [0.2, 0.25) is 0 Å². The van der Waals surface area contributed by atoms with Crippen LogP contribution in [0.15, 0.2) is 41.8 Å². The molecule has 1 N–H and O–H groups in total. The lowest BCUT2D eigenvalue weighted by Gasteiger charge is -2.16. The number of ether oxygens (including phenoxy) is 1. The van der Waals surface area contributed by atoms with Crippen LogP contribution in [0.5, 0.6) is 0 Å². The van der Waals surface area contributed by atoms with Crippen LogP contribution in [0.3, 0.4) is 0 Å². The highest BCUT2D eigenvalue weighted by Gasteiger charge is 2.21. The van der Waals surface area contributed by atoms with Gasteiger partial charge in [-0.25, -0.2) is 0 Å². The van der Waals surface area contributed by atoms with Gasteiger partial charge in [0.25, 0.3) is 11.6 Å². The number of benzene rings is 1. The Balaban J connectivity index is 2.13. The Morgan fingerprint density at radius 2 is 2.00 bits per heavy atom. The molecule has 0 aliphatic rings. The van der Waals surface area contributed by atoms with E-state index < -0.39 is 22.8 Å². The van der Waals surface area contributed by atoms with Gasteiger partial charge in [0.2, 0.25) is 0 Å². The summed E-state index contributed by atoms with van der Waals surface area (Å²) < 4.78 is 4.65. The third kappa shape index (κ3) is 4.36. The molecule has 0 fully saturated rings. The number of rotatable bonds is 6. The van der Waals surface area contributed by atoms with Gasteiger partial charge >= 0.3 is 5.97 Å². The summed E-state index contributed by atoms with van der Waals surface area (Å²) in [6.07, 6.45) is 0.00966. The molecule has 0 saturated heterocycles. The average Bonchev–Trinajstić information content (AvgIpc) is 3.08. The minimum atomic E-state index is -0.534. The summed E-state index contributed by atoms with van der Waals surface area (Å²) in [5.41, 5.74) is 0.188. The Morgan fingerprint density at radius 1 is 1.30 bits per heavy atom. The zero-order valence-corrected chi connectivity index (χ0v) is 13.0. The summed E-state index contributed by atoms with van der Waals surface area (Å²) in [7, 11) is 1.28. The molecule has 0 aliphatic carbocycles. The van der Waals surface area contributed by atoms with Crippen molar-refractivity contribution < 1.29 is 19.2 Å². The predicted molar refractivity (Wildman–Crippen MR) is 84.3 cm³/mol. The van der Waals surface area contributed by atoms with Crippen LogP contribution in [0.4, 0.5) is 5.69 Å². The van der Waals surface area contributed by atoms with Crippen LogP contribution in [-0.2, 0) is 9.53 Å². The fourth-order valence-electron chi connectivity index (χ4n) is 1.94. The van der Waals surface area contributed by atoms with E-state index >= 15 is 0 Å². The monoisotopic (exact) mass is 334 g/mol. The van der Waals surface area contributed by atoms with E-state index in [-0.39, 0.29) is 17.7 Å². The van der Waals surface area contributed by atoms with Gasteiger partial charge in [0.15, 0.2) is 0 Å². The highest BCUT2D eigenvalue weighted by molar-refractivity contribution is 7.10. The van der Waals surface area contributed by atoms with Crippen molar-refractivity contribution in [3.63, 3.8) is 0 Å². The van der Waals surface area contributed by atoms with Gasteiger partial charge in [-0.3, -0.25) is 19.7 Å². The molecular formula is C15H14N2O5S. The summed E-state index contributed by atoms with van der Waals surface area (Å²) in [5.74, 6) is -0.852. The SMILES string of the molecule is COC(=O)CC(NC(=O)c1ccc([N+](=O)[O-])cc1)c1cccs1. The molecule has 2 rings (SSSR count). The van der Waals surface area contributed by atoms with Crippen molar-refractivity contribution in [2.24, 2.45) is 0 Å². The van der Waals surface area contributed by atoms with Crippen LogP contribution in [0.1, 0.15) is 27.7 Å². The van der Waals surface area contributed by atoms with Crippen molar-refractivity contribution >= 4 is 28.9 Å². The van der Waals surface area contributed by atoms with Crippen molar-refractivity contribution in [2.45, 2.75) is 12.5 Å². The van der Waals surface area contributed by atoms with E-state index in [1.54, 1.807) is 0 Å². The third-order valence-corrected chi connectivity index (χ3v) is 4.12. The number of non-ortho nitro benzene ring substituents is 1. The number of hydrogen-bond donors (Lipinski definition) is 1. The number of amides is 1. The Bertz CT molecular complexity index is 697. The molecule has 1 unspecified atom stereocenters. The molecule has 1 aromatic heterocycles. The number of nitrogens with zero attached hydrogens (tertiary/aromatic N) is 1. The first-order valence-corrected chi connectivity index (χ1v) is 7.54. The Morgan fingerprint density at radius 3 is 2.52 bits per heavy atom. The van der Waals surface area contributed by atoms with Gasteiger partial charge in [-0.15, -0.1) is 11.3 Å². The fourth-order valence-corrected chi connectivity index (χ4v) is 2.72. The summed E-state index contributed by atoms with van der Waals surface area (Å²) in [6, 6.07) is 8.39. The number of esters is 1. The van der Waals surface area contributed by atoms with Crippen molar-refractivity contribution in [3.8, 4) is 0 Å². The second-order valence-electron chi connectivity index (χ2n) is 4.63. The Hall–Kier alpha value is -2.74. The van der Waals surface area contributed by atoms with Gasteiger partial charge in [0, 0.05) is 22.6 Å². The van der Waals surface area contributed by atoms with E-state index in [2.05, 4.69) is 10.1 Å². The first kappa shape index (κ1) is 16.6. The standard InChI is InChI=1S/C15H14N2O5S/c1-22-14(18)9-12(13-3-2-8-23-13)16-15(19)10-4-6-11(7-5-10)17(20)21/h2-8,12H,9H2,1H3,(H,16,19). The minimum absolute atomic E-state index is 0.00966. The molecule has 120 valence electrons. The number of nitro benzene ring substituents is 1. The molecule has 0 radical (unpaired) electrons. The van der Waals surface area contributed by atoms with Crippen molar-refractivity contribution in [1.82, 2.24) is 5.32 Å². The van der Waals surface area contributed by atoms with Gasteiger partial charge in [-0.2, -0.15) is 0 Å². The Labute approximate surface area is 136 Å². The molecule has 7 nitrogen and oxygen atoms in total. The lowest BCUT2D eigenvalue weighted by molar-refractivity contribution is -0.384. The first-order chi connectivity index (χ1) is 11.0. The molecule has 1 atom stereocenters. The average molecular weight is 334 g/mol. The number of methoxy groups -OCH3 is 1.